The van der Waals surface area contributed by atoms with Gasteiger partial charge in [0.15, 0.2) is 0 Å². The van der Waals surface area contributed by atoms with Gasteiger partial charge in [-0.15, -0.1) is 0 Å². The van der Waals surface area contributed by atoms with Crippen LogP contribution < -0.4 is 4.72 Å². The number of rotatable bonds is 3. The van der Waals surface area contributed by atoms with Gasteiger partial charge in [0.25, 0.3) is 0 Å². The molecule has 9 heteroatoms. The summed E-state index contributed by atoms with van der Waals surface area (Å²) >= 11 is 3.78. The molecule has 0 aliphatic rings. The van der Waals surface area contributed by atoms with E-state index in [1.54, 1.807) is 0 Å². The topological polar surface area (TPSA) is 24.9 Å². The zero-order valence-corrected chi connectivity index (χ0v) is 12.2. The van der Waals surface area contributed by atoms with Crippen LogP contribution in [0.5, 0.6) is 0 Å². The van der Waals surface area contributed by atoms with Crippen molar-refractivity contribution >= 4 is 12.8 Å². The van der Waals surface area contributed by atoms with Crippen LogP contribution in [0.3, 0.4) is 0 Å². The maximum absolute atomic E-state index is 13.0. The van der Waals surface area contributed by atoms with Crippen LogP contribution in [0.15, 0.2) is 42.6 Å². The van der Waals surface area contributed by atoms with Crippen molar-refractivity contribution in [3.8, 4) is 0 Å². The van der Waals surface area contributed by atoms with Crippen molar-refractivity contribution in [1.29, 1.82) is 0 Å². The molecular weight excluding hydrogens is 342 g/mol. The average molecular weight is 352 g/mol. The lowest BCUT2D eigenvalue weighted by Crippen LogP contribution is -2.20. The Labute approximate surface area is 133 Å². The summed E-state index contributed by atoms with van der Waals surface area (Å²) in [6.45, 7) is 0. The van der Waals surface area contributed by atoms with Crippen molar-refractivity contribution in [1.82, 2.24) is 9.71 Å². The number of nitrogens with zero attached hydrogens (tertiary/aromatic N) is 1. The smallest absolute Gasteiger partial charge is 0.259 e. The monoisotopic (exact) mass is 352 g/mol. The second-order valence-corrected chi connectivity index (χ2v) is 4.87. The molecule has 1 atom stereocenters. The van der Waals surface area contributed by atoms with Crippen LogP contribution in [0.25, 0.3) is 0 Å². The molecule has 0 radical (unpaired) electrons. The van der Waals surface area contributed by atoms with E-state index in [2.05, 4.69) is 22.5 Å². The Balaban J connectivity index is 2.45. The summed E-state index contributed by atoms with van der Waals surface area (Å²) in [5, 5.41) is 0. The predicted octanol–water partition coefficient (Wildman–Crippen LogP) is 4.64. The van der Waals surface area contributed by atoms with Crippen LogP contribution in [0.2, 0.25) is 0 Å². The lowest BCUT2D eigenvalue weighted by Gasteiger charge is -2.20. The van der Waals surface area contributed by atoms with Gasteiger partial charge < -0.3 is 0 Å². The van der Waals surface area contributed by atoms with Crippen molar-refractivity contribution in [2.75, 3.05) is 0 Å². The Hall–Kier alpha value is -1.74. The molecule has 23 heavy (non-hydrogen) atoms. The van der Waals surface area contributed by atoms with Crippen LogP contribution in [0, 0.1) is 0 Å². The first-order valence-electron chi connectivity index (χ1n) is 6.23. The van der Waals surface area contributed by atoms with E-state index in [9.17, 15) is 26.3 Å². The van der Waals surface area contributed by atoms with Gasteiger partial charge in [0.05, 0.1) is 22.9 Å². The number of hydrogen-bond donors (Lipinski definition) is 2. The van der Waals surface area contributed by atoms with Gasteiger partial charge in [-0.1, -0.05) is 24.9 Å². The molecule has 0 aliphatic heterocycles. The Bertz CT molecular complexity index is 666. The van der Waals surface area contributed by atoms with E-state index >= 15 is 0 Å². The molecule has 2 aromatic rings. The number of alkyl halides is 6. The van der Waals surface area contributed by atoms with Crippen molar-refractivity contribution in [2.45, 2.75) is 18.4 Å². The molecule has 2 rings (SSSR count). The molecule has 1 heterocycles. The largest absolute Gasteiger partial charge is 0.418 e. The minimum Gasteiger partial charge on any atom is -0.259 e. The highest BCUT2D eigenvalue weighted by molar-refractivity contribution is 7.78. The maximum atomic E-state index is 13.0. The number of thiol groups is 1. The molecule has 1 aromatic heterocycles. The van der Waals surface area contributed by atoms with Crippen LogP contribution >= 0.6 is 12.8 Å². The highest BCUT2D eigenvalue weighted by atomic mass is 32.1. The van der Waals surface area contributed by atoms with Crippen LogP contribution in [-0.4, -0.2) is 4.98 Å². The first-order chi connectivity index (χ1) is 10.6. The van der Waals surface area contributed by atoms with Gasteiger partial charge in [-0.05, 0) is 29.8 Å². The Kier molecular flexibility index (Phi) is 4.90. The fraction of sp³-hybridized carbons (Fsp3) is 0.214. The lowest BCUT2D eigenvalue weighted by molar-refractivity contribution is -0.139. The molecule has 0 fully saturated rings. The summed E-state index contributed by atoms with van der Waals surface area (Å²) in [5.74, 6) is 0. The first-order valence-corrected chi connectivity index (χ1v) is 6.68. The fourth-order valence-corrected chi connectivity index (χ4v) is 2.32. The van der Waals surface area contributed by atoms with E-state index in [1.807, 2.05) is 0 Å². The second-order valence-electron chi connectivity index (χ2n) is 4.62. The van der Waals surface area contributed by atoms with Gasteiger partial charge in [0.2, 0.25) is 0 Å². The summed E-state index contributed by atoms with van der Waals surface area (Å²) in [6, 6.07) is 4.64. The Morgan fingerprint density at radius 2 is 1.52 bits per heavy atom. The third-order valence-corrected chi connectivity index (χ3v) is 3.38. The molecule has 1 aromatic carbocycles. The van der Waals surface area contributed by atoms with Gasteiger partial charge >= 0.3 is 12.4 Å². The number of hydrogen-bond acceptors (Lipinski definition) is 3. The standard InChI is InChI=1S/C14H10F6N2S/c15-13(16,17)9-5-3-8(4-6-9)11(22-23)12-10(14(18,19)20)2-1-7-21-12/h1-7,11,22-23H. The summed E-state index contributed by atoms with van der Waals surface area (Å²) < 4.78 is 79.1. The summed E-state index contributed by atoms with van der Waals surface area (Å²) in [6.07, 6.45) is -7.99. The van der Waals surface area contributed by atoms with Gasteiger partial charge in [0.1, 0.15) is 0 Å². The molecule has 124 valence electrons. The normalized spacial score (nSPS) is 13.9. The van der Waals surface area contributed by atoms with Crippen molar-refractivity contribution in [3.05, 3.63) is 65.0 Å². The van der Waals surface area contributed by atoms with E-state index in [0.29, 0.717) is 0 Å². The molecule has 1 unspecified atom stereocenters. The third kappa shape index (κ3) is 3.97. The Morgan fingerprint density at radius 3 is 2.00 bits per heavy atom. The van der Waals surface area contributed by atoms with Gasteiger partial charge in [-0.3, -0.25) is 9.71 Å². The summed E-state index contributed by atoms with van der Waals surface area (Å²) in [5.41, 5.74) is -2.06. The molecule has 0 saturated heterocycles. The maximum Gasteiger partial charge on any atom is 0.418 e. The lowest BCUT2D eigenvalue weighted by atomic mass is 9.98. The highest BCUT2D eigenvalue weighted by Gasteiger charge is 2.36. The van der Waals surface area contributed by atoms with Gasteiger partial charge in [0, 0.05) is 6.20 Å². The minimum absolute atomic E-state index is 0.178. The van der Waals surface area contributed by atoms with Crippen LogP contribution in [0.4, 0.5) is 26.3 Å². The number of nitrogens with one attached hydrogen (secondary N) is 1. The van der Waals surface area contributed by atoms with Crippen LogP contribution in [-0.2, 0) is 12.4 Å². The highest BCUT2D eigenvalue weighted by Crippen LogP contribution is 2.36. The second kappa shape index (κ2) is 6.40. The molecule has 0 spiro atoms. The minimum atomic E-state index is -4.64. The number of halogens is 6. The average Bonchev–Trinajstić information content (AvgIpc) is 2.47. The number of pyridine rings is 1. The number of aromatic nitrogens is 1. The summed E-state index contributed by atoms with van der Waals surface area (Å²) in [7, 11) is 0. The number of benzene rings is 1. The van der Waals surface area contributed by atoms with Crippen LogP contribution in [0.1, 0.15) is 28.4 Å². The van der Waals surface area contributed by atoms with Crippen molar-refractivity contribution in [3.63, 3.8) is 0 Å². The summed E-state index contributed by atoms with van der Waals surface area (Å²) in [4.78, 5) is 3.71. The molecular formula is C14H10F6N2S. The van der Waals surface area contributed by atoms with E-state index < -0.39 is 29.5 Å². The third-order valence-electron chi connectivity index (χ3n) is 3.12. The SMILES string of the molecule is FC(F)(F)c1ccc(C(NS)c2ncccc2C(F)(F)F)cc1. The van der Waals surface area contributed by atoms with E-state index in [1.165, 1.54) is 6.20 Å². The molecule has 0 aliphatic carbocycles. The van der Waals surface area contributed by atoms with E-state index in [-0.39, 0.29) is 11.3 Å². The van der Waals surface area contributed by atoms with E-state index in [0.717, 1.165) is 36.4 Å². The zero-order chi connectivity index (χ0) is 17.3. The molecule has 0 saturated carbocycles. The van der Waals surface area contributed by atoms with Crippen molar-refractivity contribution < 1.29 is 26.3 Å². The van der Waals surface area contributed by atoms with Gasteiger partial charge in [-0.2, -0.15) is 26.3 Å². The van der Waals surface area contributed by atoms with Crippen molar-refractivity contribution in [2.24, 2.45) is 0 Å². The molecule has 2 nitrogen and oxygen atoms in total. The first kappa shape index (κ1) is 17.6. The molecule has 0 bridgehead atoms. The zero-order valence-electron chi connectivity index (χ0n) is 11.3. The molecule has 0 amide bonds. The molecule has 1 N–H and O–H groups in total. The van der Waals surface area contributed by atoms with E-state index in [4.69, 9.17) is 0 Å². The quantitative estimate of drug-likeness (QED) is 0.621. The predicted molar refractivity (Wildman–Crippen MR) is 74.6 cm³/mol. The van der Waals surface area contributed by atoms with Gasteiger partial charge in [-0.25, -0.2) is 0 Å². The fourth-order valence-electron chi connectivity index (χ4n) is 2.05. The Morgan fingerprint density at radius 1 is 0.913 bits per heavy atom.